The van der Waals surface area contributed by atoms with Crippen LogP contribution in [0.3, 0.4) is 0 Å². The average Bonchev–Trinajstić information content (AvgIpc) is 2.76. The second-order valence-electron chi connectivity index (χ2n) is 7.53. The third-order valence-corrected chi connectivity index (χ3v) is 5.32. The molecule has 0 saturated heterocycles. The van der Waals surface area contributed by atoms with E-state index in [4.69, 9.17) is 4.74 Å². The summed E-state index contributed by atoms with van der Waals surface area (Å²) in [6, 6.07) is 21.4. The van der Waals surface area contributed by atoms with Crippen LogP contribution in [0.1, 0.15) is 46.0 Å². The van der Waals surface area contributed by atoms with Crippen molar-refractivity contribution in [3.05, 3.63) is 60.7 Å². The van der Waals surface area contributed by atoms with Crippen molar-refractivity contribution in [3.8, 4) is 0 Å². The maximum Gasteiger partial charge on any atom is 0.224 e. The lowest BCUT2D eigenvalue weighted by Gasteiger charge is -2.17. The van der Waals surface area contributed by atoms with Gasteiger partial charge in [0.2, 0.25) is 6.71 Å². The maximum atomic E-state index is 5.88. The molecule has 0 fully saturated rings. The van der Waals surface area contributed by atoms with Crippen LogP contribution in [0.4, 0.5) is 0 Å². The number of benzene rings is 2. The van der Waals surface area contributed by atoms with Crippen LogP contribution in [0, 0.1) is 5.92 Å². The van der Waals surface area contributed by atoms with Gasteiger partial charge in [-0.05, 0) is 25.2 Å². The molecule has 0 aliphatic carbocycles. The third-order valence-electron chi connectivity index (χ3n) is 5.32. The van der Waals surface area contributed by atoms with Crippen LogP contribution in [-0.2, 0) is 4.74 Å². The van der Waals surface area contributed by atoms with E-state index in [1.54, 1.807) is 0 Å². The van der Waals surface area contributed by atoms with Gasteiger partial charge in [0.15, 0.2) is 0 Å². The topological polar surface area (TPSA) is 33.3 Å². The largest absolute Gasteiger partial charge is 0.381 e. The SMILES string of the molecule is CCCCC(CC)COCCCNNCB(c1ccccc1)c1ccccc1. The summed E-state index contributed by atoms with van der Waals surface area (Å²) < 4.78 is 5.88. The summed E-state index contributed by atoms with van der Waals surface area (Å²) in [6.07, 6.45) is 7.01. The summed E-state index contributed by atoms with van der Waals surface area (Å²) in [5, 5.41) is 0. The molecule has 0 radical (unpaired) electrons. The van der Waals surface area contributed by atoms with E-state index in [2.05, 4.69) is 85.4 Å². The lowest BCUT2D eigenvalue weighted by molar-refractivity contribution is 0.0917. The van der Waals surface area contributed by atoms with E-state index in [9.17, 15) is 0 Å². The Hall–Kier alpha value is -1.62. The van der Waals surface area contributed by atoms with Crippen LogP contribution in [0.15, 0.2) is 60.7 Å². The van der Waals surface area contributed by atoms with Gasteiger partial charge in [-0.25, -0.2) is 0 Å². The van der Waals surface area contributed by atoms with E-state index in [0.29, 0.717) is 6.71 Å². The van der Waals surface area contributed by atoms with Gasteiger partial charge in [0.1, 0.15) is 0 Å². The molecule has 1 atom stereocenters. The molecule has 2 N–H and O–H groups in total. The van der Waals surface area contributed by atoms with Gasteiger partial charge in [-0.15, -0.1) is 0 Å². The standard InChI is InChI=1S/C24H37BN2O/c1-3-5-13-22(4-2)20-28-19-12-18-26-27-21-25(23-14-8-6-9-15-23)24-16-10-7-11-17-24/h6-11,14-17,22,26-27H,3-5,12-13,18-21H2,1-2H3. The number of ether oxygens (including phenoxy) is 1. The Morgan fingerprint density at radius 1 is 0.857 bits per heavy atom. The van der Waals surface area contributed by atoms with E-state index in [1.165, 1.54) is 36.6 Å². The van der Waals surface area contributed by atoms with Gasteiger partial charge in [-0.3, -0.25) is 10.9 Å². The number of hydrogen-bond acceptors (Lipinski definition) is 3. The van der Waals surface area contributed by atoms with Crippen molar-refractivity contribution in [3.63, 3.8) is 0 Å². The monoisotopic (exact) mass is 380 g/mol. The molecule has 0 heterocycles. The second kappa shape index (κ2) is 14.4. The van der Waals surface area contributed by atoms with Crippen LogP contribution in [-0.4, -0.2) is 32.9 Å². The molecule has 0 spiro atoms. The van der Waals surface area contributed by atoms with Gasteiger partial charge < -0.3 is 4.74 Å². The molecule has 2 aromatic carbocycles. The molecule has 0 aromatic heterocycles. The van der Waals surface area contributed by atoms with Crippen LogP contribution in [0.2, 0.25) is 0 Å². The average molecular weight is 380 g/mol. The summed E-state index contributed by atoms with van der Waals surface area (Å²) in [7, 11) is 0. The number of hydrogen-bond donors (Lipinski definition) is 2. The lowest BCUT2D eigenvalue weighted by atomic mass is 9.40. The molecule has 0 bridgehead atoms. The smallest absolute Gasteiger partial charge is 0.224 e. The van der Waals surface area contributed by atoms with Gasteiger partial charge in [0.05, 0.1) is 0 Å². The predicted octanol–water partition coefficient (Wildman–Crippen LogP) is 3.55. The molecule has 0 saturated carbocycles. The zero-order chi connectivity index (χ0) is 19.9. The molecule has 0 amide bonds. The summed E-state index contributed by atoms with van der Waals surface area (Å²) >= 11 is 0. The lowest BCUT2D eigenvalue weighted by Crippen LogP contribution is -2.52. The van der Waals surface area contributed by atoms with Gasteiger partial charge >= 0.3 is 0 Å². The summed E-state index contributed by atoms with van der Waals surface area (Å²) in [6.45, 7) is 7.53. The fourth-order valence-corrected chi connectivity index (χ4v) is 3.47. The molecular weight excluding hydrogens is 343 g/mol. The quantitative estimate of drug-likeness (QED) is 0.282. The van der Waals surface area contributed by atoms with Crippen molar-refractivity contribution in [1.82, 2.24) is 10.9 Å². The minimum atomic E-state index is 0.343. The zero-order valence-corrected chi connectivity index (χ0v) is 17.7. The molecule has 2 aromatic rings. The van der Waals surface area contributed by atoms with Crippen LogP contribution < -0.4 is 21.8 Å². The predicted molar refractivity (Wildman–Crippen MR) is 123 cm³/mol. The maximum absolute atomic E-state index is 5.88. The van der Waals surface area contributed by atoms with Gasteiger partial charge in [-0.2, -0.15) is 0 Å². The summed E-state index contributed by atoms with van der Waals surface area (Å²) in [4.78, 5) is 0. The van der Waals surface area contributed by atoms with Crippen molar-refractivity contribution < 1.29 is 4.74 Å². The van der Waals surface area contributed by atoms with Crippen molar-refractivity contribution in [2.24, 2.45) is 5.92 Å². The molecule has 28 heavy (non-hydrogen) atoms. The van der Waals surface area contributed by atoms with Crippen molar-refractivity contribution in [2.45, 2.75) is 46.0 Å². The van der Waals surface area contributed by atoms with E-state index >= 15 is 0 Å². The normalized spacial score (nSPS) is 12.1. The number of unbranched alkanes of at least 4 members (excludes halogenated alkanes) is 1. The molecular formula is C24H37BN2O. The molecule has 2 rings (SSSR count). The van der Waals surface area contributed by atoms with E-state index in [0.717, 1.165) is 38.5 Å². The highest BCUT2D eigenvalue weighted by molar-refractivity contribution is 6.85. The summed E-state index contributed by atoms with van der Waals surface area (Å²) in [5.74, 6) is 0.725. The van der Waals surface area contributed by atoms with Gasteiger partial charge in [-0.1, -0.05) is 105 Å². The van der Waals surface area contributed by atoms with E-state index in [-0.39, 0.29) is 0 Å². The Balaban J connectivity index is 1.65. The Kier molecular flexibility index (Phi) is 11.7. The Morgan fingerprint density at radius 2 is 1.50 bits per heavy atom. The second-order valence-corrected chi connectivity index (χ2v) is 7.53. The van der Waals surface area contributed by atoms with Gasteiger partial charge in [0.25, 0.3) is 0 Å². The highest BCUT2D eigenvalue weighted by Crippen LogP contribution is 2.12. The molecule has 0 aliphatic heterocycles. The van der Waals surface area contributed by atoms with Crippen LogP contribution in [0.25, 0.3) is 0 Å². The first kappa shape index (κ1) is 22.7. The minimum absolute atomic E-state index is 0.343. The van der Waals surface area contributed by atoms with Crippen molar-refractivity contribution in [1.29, 1.82) is 0 Å². The van der Waals surface area contributed by atoms with E-state index < -0.39 is 0 Å². The first-order valence-corrected chi connectivity index (χ1v) is 11.0. The number of nitrogens with one attached hydrogen (secondary N) is 2. The Bertz CT molecular complexity index is 569. The molecule has 3 nitrogen and oxygen atoms in total. The third kappa shape index (κ3) is 8.60. The molecule has 152 valence electrons. The number of rotatable bonds is 15. The van der Waals surface area contributed by atoms with Crippen molar-refractivity contribution in [2.75, 3.05) is 26.2 Å². The zero-order valence-electron chi connectivity index (χ0n) is 17.7. The van der Waals surface area contributed by atoms with E-state index in [1.807, 2.05) is 0 Å². The Morgan fingerprint density at radius 3 is 2.07 bits per heavy atom. The molecule has 1 unspecified atom stereocenters. The highest BCUT2D eigenvalue weighted by atomic mass is 16.5. The Labute approximate surface area is 172 Å². The van der Waals surface area contributed by atoms with Crippen molar-refractivity contribution >= 4 is 17.6 Å². The van der Waals surface area contributed by atoms with Crippen LogP contribution >= 0.6 is 0 Å². The van der Waals surface area contributed by atoms with Gasteiger partial charge in [0, 0.05) is 19.8 Å². The fraction of sp³-hybridized carbons (Fsp3) is 0.500. The first-order valence-electron chi connectivity index (χ1n) is 11.0. The molecule has 0 aliphatic rings. The molecule has 4 heteroatoms. The fourth-order valence-electron chi connectivity index (χ4n) is 3.47. The van der Waals surface area contributed by atoms with Crippen LogP contribution in [0.5, 0.6) is 0 Å². The summed E-state index contributed by atoms with van der Waals surface area (Å²) in [5.41, 5.74) is 9.45. The minimum Gasteiger partial charge on any atom is -0.381 e. The highest BCUT2D eigenvalue weighted by Gasteiger charge is 2.17. The number of hydrazine groups is 1. The first-order chi connectivity index (χ1) is 13.8.